The standard InChI is InChI=1S/C23H34N8O.HI/c1-17-19(20-6-4-5-7-21(20)27-17)8-9-24-23(25-10-11-31-12-14-32-15-13-31)26-16-22-29-28-18(2)30(22)3;/h4-7,27H,8-16H2,1-3H3,(H2,24,25,26);1H. The molecule has 10 heteroatoms. The van der Waals surface area contributed by atoms with Crippen LogP contribution in [0.3, 0.4) is 0 Å². The number of fused-ring (bicyclic) bond motifs is 1. The first-order chi connectivity index (χ1) is 15.6. The molecule has 4 rings (SSSR count). The van der Waals surface area contributed by atoms with Gasteiger partial charge in [0.15, 0.2) is 11.8 Å². The third kappa shape index (κ3) is 6.67. The minimum atomic E-state index is 0. The monoisotopic (exact) mass is 566 g/mol. The zero-order valence-corrected chi connectivity index (χ0v) is 22.1. The summed E-state index contributed by atoms with van der Waals surface area (Å²) >= 11 is 0. The molecule has 1 saturated heterocycles. The van der Waals surface area contributed by atoms with E-state index < -0.39 is 0 Å². The Kier molecular flexibility index (Phi) is 9.51. The van der Waals surface area contributed by atoms with Crippen molar-refractivity contribution in [2.75, 3.05) is 45.9 Å². The van der Waals surface area contributed by atoms with E-state index in [0.717, 1.165) is 70.0 Å². The van der Waals surface area contributed by atoms with Gasteiger partial charge in [0.1, 0.15) is 12.4 Å². The molecule has 0 atom stereocenters. The molecule has 1 aliphatic rings. The Labute approximate surface area is 212 Å². The molecule has 0 spiro atoms. The van der Waals surface area contributed by atoms with Crippen molar-refractivity contribution in [1.29, 1.82) is 0 Å². The van der Waals surface area contributed by atoms with Crippen LogP contribution in [-0.2, 0) is 24.8 Å². The largest absolute Gasteiger partial charge is 0.379 e. The molecule has 9 nitrogen and oxygen atoms in total. The van der Waals surface area contributed by atoms with E-state index in [1.807, 2.05) is 18.5 Å². The normalized spacial score (nSPS) is 14.9. The lowest BCUT2D eigenvalue weighted by atomic mass is 10.1. The first-order valence-electron chi connectivity index (χ1n) is 11.3. The summed E-state index contributed by atoms with van der Waals surface area (Å²) in [6, 6.07) is 8.47. The van der Waals surface area contributed by atoms with E-state index in [1.54, 1.807) is 0 Å². The Bertz CT molecular complexity index is 1050. The van der Waals surface area contributed by atoms with Crippen LogP contribution in [0.5, 0.6) is 0 Å². The molecule has 1 aliphatic heterocycles. The van der Waals surface area contributed by atoms with E-state index in [2.05, 4.69) is 61.9 Å². The maximum atomic E-state index is 5.44. The molecule has 0 bridgehead atoms. The van der Waals surface area contributed by atoms with Crippen molar-refractivity contribution >= 4 is 40.8 Å². The van der Waals surface area contributed by atoms with Crippen LogP contribution >= 0.6 is 24.0 Å². The van der Waals surface area contributed by atoms with Gasteiger partial charge >= 0.3 is 0 Å². The van der Waals surface area contributed by atoms with Gasteiger partial charge in [0.25, 0.3) is 0 Å². The van der Waals surface area contributed by atoms with Crippen molar-refractivity contribution in [2.24, 2.45) is 12.0 Å². The second kappa shape index (κ2) is 12.3. The number of rotatable bonds is 8. The second-order valence-corrected chi connectivity index (χ2v) is 8.22. The topological polar surface area (TPSA) is 95.4 Å². The van der Waals surface area contributed by atoms with Crippen LogP contribution in [0.1, 0.15) is 22.9 Å². The molecule has 0 unspecified atom stereocenters. The first-order valence-corrected chi connectivity index (χ1v) is 11.3. The van der Waals surface area contributed by atoms with Gasteiger partial charge in [0, 0.05) is 56.4 Å². The van der Waals surface area contributed by atoms with E-state index in [9.17, 15) is 0 Å². The minimum Gasteiger partial charge on any atom is -0.379 e. The third-order valence-electron chi connectivity index (χ3n) is 6.08. The number of hydrogen-bond acceptors (Lipinski definition) is 5. The summed E-state index contributed by atoms with van der Waals surface area (Å²) in [5, 5.41) is 16.7. The highest BCUT2D eigenvalue weighted by Gasteiger charge is 2.11. The molecule has 1 aromatic carbocycles. The summed E-state index contributed by atoms with van der Waals surface area (Å²) in [5.74, 6) is 2.54. The number of nitrogens with zero attached hydrogens (tertiary/aromatic N) is 5. The van der Waals surface area contributed by atoms with Gasteiger partial charge in [-0.2, -0.15) is 0 Å². The van der Waals surface area contributed by atoms with Crippen molar-refractivity contribution in [3.63, 3.8) is 0 Å². The maximum Gasteiger partial charge on any atom is 0.191 e. The van der Waals surface area contributed by atoms with Gasteiger partial charge in [-0.1, -0.05) is 18.2 Å². The highest BCUT2D eigenvalue weighted by atomic mass is 127. The summed E-state index contributed by atoms with van der Waals surface area (Å²) in [7, 11) is 1.97. The first kappa shape index (κ1) is 25.4. The Morgan fingerprint density at radius 2 is 1.88 bits per heavy atom. The van der Waals surface area contributed by atoms with Crippen LogP contribution in [0, 0.1) is 13.8 Å². The van der Waals surface area contributed by atoms with Crippen molar-refractivity contribution < 1.29 is 4.74 Å². The average Bonchev–Trinajstić information content (AvgIpc) is 3.30. The lowest BCUT2D eigenvalue weighted by Gasteiger charge is -2.26. The zero-order valence-electron chi connectivity index (χ0n) is 19.7. The number of halogens is 1. The maximum absolute atomic E-state index is 5.44. The SMILES string of the molecule is Cc1[nH]c2ccccc2c1CCNC(=NCc1nnc(C)n1C)NCCN1CCOCC1.I. The number of morpholine rings is 1. The molecule has 0 aliphatic carbocycles. The number of aliphatic imine (C=N–C) groups is 1. The van der Waals surface area contributed by atoms with Crippen LogP contribution in [0.15, 0.2) is 29.3 Å². The lowest BCUT2D eigenvalue weighted by Crippen LogP contribution is -2.44. The van der Waals surface area contributed by atoms with Crippen LogP contribution in [-0.4, -0.2) is 76.5 Å². The van der Waals surface area contributed by atoms with Crippen LogP contribution in [0.4, 0.5) is 0 Å². The highest BCUT2D eigenvalue weighted by Crippen LogP contribution is 2.21. The van der Waals surface area contributed by atoms with E-state index >= 15 is 0 Å². The number of para-hydroxylation sites is 1. The number of H-pyrrole nitrogens is 1. The number of ether oxygens (including phenoxy) is 1. The number of guanidine groups is 1. The molecule has 3 heterocycles. The summed E-state index contributed by atoms with van der Waals surface area (Å²) in [6.45, 7) is 10.8. The summed E-state index contributed by atoms with van der Waals surface area (Å²) in [6.07, 6.45) is 0.920. The van der Waals surface area contributed by atoms with Crippen LogP contribution < -0.4 is 10.6 Å². The number of aromatic nitrogens is 4. The molecule has 180 valence electrons. The molecule has 0 radical (unpaired) electrons. The van der Waals surface area contributed by atoms with Gasteiger partial charge in [-0.25, -0.2) is 4.99 Å². The fourth-order valence-electron chi connectivity index (χ4n) is 4.03. The third-order valence-corrected chi connectivity index (χ3v) is 6.08. The Morgan fingerprint density at radius 1 is 1.12 bits per heavy atom. The summed E-state index contributed by atoms with van der Waals surface area (Å²) in [4.78, 5) is 10.7. The average molecular weight is 566 g/mol. The van der Waals surface area contributed by atoms with Crippen molar-refractivity contribution in [3.8, 4) is 0 Å². The molecule has 2 aromatic heterocycles. The van der Waals surface area contributed by atoms with E-state index in [-0.39, 0.29) is 24.0 Å². The van der Waals surface area contributed by atoms with E-state index in [4.69, 9.17) is 9.73 Å². The molecule has 0 saturated carbocycles. The number of hydrogen-bond donors (Lipinski definition) is 3. The molecular formula is C23H35IN8O. The second-order valence-electron chi connectivity index (χ2n) is 8.22. The molecule has 1 fully saturated rings. The summed E-state index contributed by atoms with van der Waals surface area (Å²) in [5.41, 5.74) is 3.76. The fourth-order valence-corrected chi connectivity index (χ4v) is 4.03. The highest BCUT2D eigenvalue weighted by molar-refractivity contribution is 14.0. The van der Waals surface area contributed by atoms with Gasteiger partial charge in [0.2, 0.25) is 0 Å². The smallest absolute Gasteiger partial charge is 0.191 e. The Hall–Kier alpha value is -2.18. The van der Waals surface area contributed by atoms with Crippen LogP contribution in [0.25, 0.3) is 10.9 Å². The zero-order chi connectivity index (χ0) is 22.3. The fraction of sp³-hybridized carbons (Fsp3) is 0.522. The van der Waals surface area contributed by atoms with Gasteiger partial charge < -0.3 is 24.9 Å². The Morgan fingerprint density at radius 3 is 2.64 bits per heavy atom. The van der Waals surface area contributed by atoms with Gasteiger partial charge in [-0.15, -0.1) is 34.2 Å². The molecular weight excluding hydrogens is 531 g/mol. The number of benzene rings is 1. The molecule has 3 N–H and O–H groups in total. The minimum absolute atomic E-state index is 0. The Balaban J connectivity index is 0.00000306. The van der Waals surface area contributed by atoms with E-state index in [0.29, 0.717) is 6.54 Å². The number of aryl methyl sites for hydroxylation is 2. The number of aromatic amines is 1. The lowest BCUT2D eigenvalue weighted by molar-refractivity contribution is 0.0389. The van der Waals surface area contributed by atoms with Crippen molar-refractivity contribution in [3.05, 3.63) is 47.2 Å². The van der Waals surface area contributed by atoms with Crippen molar-refractivity contribution in [2.45, 2.75) is 26.8 Å². The van der Waals surface area contributed by atoms with Crippen LogP contribution in [0.2, 0.25) is 0 Å². The van der Waals surface area contributed by atoms with Crippen molar-refractivity contribution in [1.82, 2.24) is 35.3 Å². The van der Waals surface area contributed by atoms with E-state index in [1.165, 1.54) is 22.2 Å². The predicted octanol–water partition coefficient (Wildman–Crippen LogP) is 2.14. The molecule has 33 heavy (non-hydrogen) atoms. The number of nitrogens with one attached hydrogen (secondary N) is 3. The van der Waals surface area contributed by atoms with Gasteiger partial charge in [-0.3, -0.25) is 4.90 Å². The summed E-state index contributed by atoms with van der Waals surface area (Å²) < 4.78 is 7.42. The quantitative estimate of drug-likeness (QED) is 0.220. The molecule has 0 amide bonds. The molecule has 3 aromatic rings. The van der Waals surface area contributed by atoms with Gasteiger partial charge in [-0.05, 0) is 31.9 Å². The predicted molar refractivity (Wildman–Crippen MR) is 142 cm³/mol. The van der Waals surface area contributed by atoms with Gasteiger partial charge in [0.05, 0.1) is 13.2 Å².